The maximum atomic E-state index is 12.6. The molecular formula is C20H24N2O4S2. The number of fused-ring (bicyclic) bond motifs is 1. The molecule has 0 aromatic heterocycles. The number of thioether (sulfide) groups is 1. The molecule has 0 aliphatic carbocycles. The second-order valence-corrected chi connectivity index (χ2v) is 9.73. The number of carbonyl (C=O) groups is 1. The van der Waals surface area contributed by atoms with E-state index in [2.05, 4.69) is 5.32 Å². The Hall–Kier alpha value is -2.19. The topological polar surface area (TPSA) is 75.7 Å². The molecule has 3 rings (SSSR count). The number of ether oxygens (including phenoxy) is 1. The first-order valence-electron chi connectivity index (χ1n) is 9.05. The monoisotopic (exact) mass is 420 g/mol. The molecule has 1 atom stereocenters. The number of benzene rings is 2. The lowest BCUT2D eigenvalue weighted by Gasteiger charge is -2.21. The van der Waals surface area contributed by atoms with Gasteiger partial charge in [-0.3, -0.25) is 9.10 Å². The van der Waals surface area contributed by atoms with Crippen molar-refractivity contribution in [3.8, 4) is 5.75 Å². The molecule has 2 aromatic rings. The summed E-state index contributed by atoms with van der Waals surface area (Å²) in [6.45, 7) is 2.60. The van der Waals surface area contributed by atoms with Crippen molar-refractivity contribution in [2.45, 2.75) is 24.3 Å². The summed E-state index contributed by atoms with van der Waals surface area (Å²) in [5, 5.41) is 2.89. The molecule has 0 bridgehead atoms. The molecule has 1 heterocycles. The van der Waals surface area contributed by atoms with Gasteiger partial charge in [0, 0.05) is 30.2 Å². The first-order chi connectivity index (χ1) is 13.3. The maximum Gasteiger partial charge on any atom is 0.261 e. The Morgan fingerprint density at radius 1 is 1.25 bits per heavy atom. The summed E-state index contributed by atoms with van der Waals surface area (Å²) in [6.07, 6.45) is 0.730. The van der Waals surface area contributed by atoms with E-state index < -0.39 is 16.1 Å². The molecule has 0 saturated heterocycles. The lowest BCUT2D eigenvalue weighted by atomic mass is 10.2. The fourth-order valence-corrected chi connectivity index (χ4v) is 4.72. The van der Waals surface area contributed by atoms with E-state index >= 15 is 0 Å². The zero-order chi connectivity index (χ0) is 20.1. The minimum atomic E-state index is -3.46. The predicted molar refractivity (Wildman–Crippen MR) is 113 cm³/mol. The fraction of sp³-hybridized carbons (Fsp3) is 0.350. The van der Waals surface area contributed by atoms with Crippen molar-refractivity contribution in [1.29, 1.82) is 0 Å². The third-order valence-electron chi connectivity index (χ3n) is 4.35. The molecular weight excluding hydrogens is 396 g/mol. The van der Waals surface area contributed by atoms with Crippen molar-refractivity contribution in [3.63, 3.8) is 0 Å². The van der Waals surface area contributed by atoms with Crippen LogP contribution in [0.15, 0.2) is 53.4 Å². The molecule has 0 unspecified atom stereocenters. The van der Waals surface area contributed by atoms with Crippen LogP contribution in [0.25, 0.3) is 0 Å². The standard InChI is InChI=1S/C20H24N2O4S2/c1-15-8-9-18-17(14-15)22(28(2,24)25)12-10-19(26-18)20(23)21-11-13-27-16-6-4-3-5-7-16/h3-9,14,19H,10-13H2,1-2H3,(H,21,23)/t19-/m1/s1. The van der Waals surface area contributed by atoms with Crippen molar-refractivity contribution >= 4 is 33.4 Å². The van der Waals surface area contributed by atoms with Crippen molar-refractivity contribution in [3.05, 3.63) is 54.1 Å². The average Bonchev–Trinajstić information content (AvgIpc) is 2.85. The minimum absolute atomic E-state index is 0.201. The molecule has 0 spiro atoms. The van der Waals surface area contributed by atoms with Crippen molar-refractivity contribution in [2.75, 3.05) is 29.4 Å². The van der Waals surface area contributed by atoms with Gasteiger partial charge < -0.3 is 10.1 Å². The van der Waals surface area contributed by atoms with Gasteiger partial charge in [-0.15, -0.1) is 11.8 Å². The van der Waals surface area contributed by atoms with Gasteiger partial charge in [-0.2, -0.15) is 0 Å². The molecule has 0 fully saturated rings. The van der Waals surface area contributed by atoms with Crippen molar-refractivity contribution in [2.24, 2.45) is 0 Å². The van der Waals surface area contributed by atoms with Crippen molar-refractivity contribution in [1.82, 2.24) is 5.32 Å². The van der Waals surface area contributed by atoms with Crippen LogP contribution in [-0.2, 0) is 14.8 Å². The molecule has 6 nitrogen and oxygen atoms in total. The molecule has 150 valence electrons. The molecule has 8 heteroatoms. The smallest absolute Gasteiger partial charge is 0.261 e. The van der Waals surface area contributed by atoms with E-state index in [1.54, 1.807) is 23.9 Å². The summed E-state index contributed by atoms with van der Waals surface area (Å²) in [5.41, 5.74) is 1.41. The third-order valence-corrected chi connectivity index (χ3v) is 6.55. The molecule has 1 aliphatic heterocycles. The van der Waals surface area contributed by atoms with Crippen LogP contribution in [0.1, 0.15) is 12.0 Å². The number of rotatable bonds is 6. The van der Waals surface area contributed by atoms with E-state index in [1.807, 2.05) is 43.3 Å². The Morgan fingerprint density at radius 2 is 2.00 bits per heavy atom. The van der Waals surface area contributed by atoms with Crippen LogP contribution in [0.2, 0.25) is 0 Å². The van der Waals surface area contributed by atoms with E-state index in [4.69, 9.17) is 4.74 Å². The van der Waals surface area contributed by atoms with Gasteiger partial charge >= 0.3 is 0 Å². The number of nitrogens with zero attached hydrogens (tertiary/aromatic N) is 1. The number of hydrogen-bond donors (Lipinski definition) is 1. The molecule has 1 N–H and O–H groups in total. The summed E-state index contributed by atoms with van der Waals surface area (Å²) in [5.74, 6) is 0.927. The number of hydrogen-bond acceptors (Lipinski definition) is 5. The largest absolute Gasteiger partial charge is 0.478 e. The summed E-state index contributed by atoms with van der Waals surface area (Å²) in [7, 11) is -3.46. The summed E-state index contributed by atoms with van der Waals surface area (Å²) >= 11 is 1.66. The van der Waals surface area contributed by atoms with Gasteiger partial charge in [0.2, 0.25) is 10.0 Å². The van der Waals surface area contributed by atoms with Crippen LogP contribution < -0.4 is 14.4 Å². The van der Waals surface area contributed by atoms with Crippen LogP contribution >= 0.6 is 11.8 Å². The number of amides is 1. The van der Waals surface area contributed by atoms with Gasteiger partial charge in [0.25, 0.3) is 5.91 Å². The molecule has 28 heavy (non-hydrogen) atoms. The van der Waals surface area contributed by atoms with Gasteiger partial charge in [0.05, 0.1) is 11.9 Å². The van der Waals surface area contributed by atoms with E-state index in [9.17, 15) is 13.2 Å². The average molecular weight is 421 g/mol. The highest BCUT2D eigenvalue weighted by Crippen LogP contribution is 2.35. The molecule has 1 amide bonds. The zero-order valence-corrected chi connectivity index (χ0v) is 17.6. The van der Waals surface area contributed by atoms with Crippen LogP contribution in [0.3, 0.4) is 0 Å². The van der Waals surface area contributed by atoms with Gasteiger partial charge in [0.1, 0.15) is 5.75 Å². The number of sulfonamides is 1. The fourth-order valence-electron chi connectivity index (χ4n) is 2.99. The normalized spacial score (nSPS) is 16.6. The van der Waals surface area contributed by atoms with Crippen LogP contribution in [0.5, 0.6) is 5.75 Å². The molecule has 1 aliphatic rings. The summed E-state index contributed by atoms with van der Waals surface area (Å²) in [6, 6.07) is 15.3. The maximum absolute atomic E-state index is 12.6. The van der Waals surface area contributed by atoms with Crippen LogP contribution in [0, 0.1) is 6.92 Å². The number of nitrogens with one attached hydrogen (secondary N) is 1. The molecule has 0 radical (unpaired) electrons. The second kappa shape index (κ2) is 8.87. The van der Waals surface area contributed by atoms with E-state index in [-0.39, 0.29) is 12.5 Å². The highest BCUT2D eigenvalue weighted by atomic mass is 32.2. The Morgan fingerprint density at radius 3 is 2.71 bits per heavy atom. The Kier molecular flexibility index (Phi) is 6.51. The van der Waals surface area contributed by atoms with E-state index in [1.165, 1.54) is 10.6 Å². The second-order valence-electron chi connectivity index (χ2n) is 6.65. The van der Waals surface area contributed by atoms with Gasteiger partial charge in [-0.1, -0.05) is 24.3 Å². The van der Waals surface area contributed by atoms with Crippen LogP contribution in [-0.4, -0.2) is 45.5 Å². The first kappa shape index (κ1) is 20.5. The Balaban J connectivity index is 1.63. The van der Waals surface area contributed by atoms with Gasteiger partial charge in [0.15, 0.2) is 6.10 Å². The van der Waals surface area contributed by atoms with Crippen molar-refractivity contribution < 1.29 is 17.9 Å². The Bertz CT molecular complexity index is 932. The number of anilines is 1. The SMILES string of the molecule is Cc1ccc2c(c1)N(S(C)(=O)=O)CC[C@H](C(=O)NCCSc1ccccc1)O2. The van der Waals surface area contributed by atoms with E-state index in [0.717, 1.165) is 16.2 Å². The third kappa shape index (κ3) is 5.20. The molecule has 2 aromatic carbocycles. The quantitative estimate of drug-likeness (QED) is 0.575. The predicted octanol–water partition coefficient (Wildman–Crippen LogP) is 2.82. The zero-order valence-electron chi connectivity index (χ0n) is 15.9. The number of aryl methyl sites for hydroxylation is 1. The van der Waals surface area contributed by atoms with Gasteiger partial charge in [-0.05, 0) is 36.8 Å². The van der Waals surface area contributed by atoms with Gasteiger partial charge in [-0.25, -0.2) is 8.42 Å². The minimum Gasteiger partial charge on any atom is -0.478 e. The highest BCUT2D eigenvalue weighted by molar-refractivity contribution is 7.99. The molecule has 0 saturated carbocycles. The highest BCUT2D eigenvalue weighted by Gasteiger charge is 2.31. The lowest BCUT2D eigenvalue weighted by molar-refractivity contribution is -0.127. The van der Waals surface area contributed by atoms with E-state index in [0.29, 0.717) is 24.4 Å². The summed E-state index contributed by atoms with van der Waals surface area (Å²) < 4.78 is 31.6. The Labute approximate surface area is 170 Å². The summed E-state index contributed by atoms with van der Waals surface area (Å²) in [4.78, 5) is 13.7. The number of carbonyl (C=O) groups excluding carboxylic acids is 1. The first-order valence-corrected chi connectivity index (χ1v) is 11.9. The van der Waals surface area contributed by atoms with Crippen LogP contribution in [0.4, 0.5) is 5.69 Å². The lowest BCUT2D eigenvalue weighted by Crippen LogP contribution is -2.40.